The van der Waals surface area contributed by atoms with E-state index in [1.54, 1.807) is 12.1 Å². The summed E-state index contributed by atoms with van der Waals surface area (Å²) in [4.78, 5) is 11.2. The molecule has 0 aliphatic carbocycles. The third kappa shape index (κ3) is 2.12. The number of carboxylic acids is 1. The Balaban J connectivity index is 2.85. The van der Waals surface area contributed by atoms with Gasteiger partial charge in [-0.05, 0) is 43.5 Å². The maximum Gasteiger partial charge on any atom is 0.335 e. The van der Waals surface area contributed by atoms with Crippen LogP contribution in [0.1, 0.15) is 34.1 Å². The third-order valence-electron chi connectivity index (χ3n) is 3.76. The van der Waals surface area contributed by atoms with Gasteiger partial charge in [0, 0.05) is 17.6 Å². The van der Waals surface area contributed by atoms with Crippen molar-refractivity contribution in [2.45, 2.75) is 33.7 Å². The Morgan fingerprint density at radius 3 is 2.53 bits per heavy atom. The molecule has 0 spiro atoms. The molecule has 0 aliphatic heterocycles. The Kier molecular flexibility index (Phi) is 3.62. The summed E-state index contributed by atoms with van der Waals surface area (Å²) >= 11 is 0. The lowest BCUT2D eigenvalue weighted by Crippen LogP contribution is -2.06. The molecule has 19 heavy (non-hydrogen) atoms. The second kappa shape index (κ2) is 5.05. The Morgan fingerprint density at radius 2 is 2.00 bits per heavy atom. The fourth-order valence-electron chi connectivity index (χ4n) is 2.64. The number of aliphatic hydroxyl groups excluding tert-OH is 1. The van der Waals surface area contributed by atoms with E-state index in [0.717, 1.165) is 34.1 Å². The van der Waals surface area contributed by atoms with Crippen LogP contribution in [0.15, 0.2) is 12.1 Å². The van der Waals surface area contributed by atoms with Gasteiger partial charge in [-0.15, -0.1) is 0 Å². The second-order valence-corrected chi connectivity index (χ2v) is 4.78. The lowest BCUT2D eigenvalue weighted by Gasteiger charge is -2.10. The topological polar surface area (TPSA) is 62.5 Å². The first-order valence-corrected chi connectivity index (χ1v) is 6.47. The lowest BCUT2D eigenvalue weighted by molar-refractivity contribution is 0.0697. The van der Waals surface area contributed by atoms with Crippen LogP contribution in [0.4, 0.5) is 0 Å². The SMILES string of the molecule is CCc1cc(C(=O)O)cc2c(C)c(C)n(CCO)c12. The molecule has 1 aromatic heterocycles. The molecule has 4 nitrogen and oxygen atoms in total. The van der Waals surface area contributed by atoms with Crippen molar-refractivity contribution in [1.82, 2.24) is 4.57 Å². The standard InChI is InChI=1S/C15H19NO3/c1-4-11-7-12(15(18)19)8-13-9(2)10(3)16(5-6-17)14(11)13/h7-8,17H,4-6H2,1-3H3,(H,18,19). The molecular weight excluding hydrogens is 242 g/mol. The summed E-state index contributed by atoms with van der Waals surface area (Å²) in [5.41, 5.74) is 4.56. The van der Waals surface area contributed by atoms with Gasteiger partial charge in [-0.1, -0.05) is 6.92 Å². The van der Waals surface area contributed by atoms with Crippen LogP contribution in [0, 0.1) is 13.8 Å². The normalized spacial score (nSPS) is 11.2. The van der Waals surface area contributed by atoms with E-state index in [4.69, 9.17) is 0 Å². The highest BCUT2D eigenvalue weighted by atomic mass is 16.4. The number of aryl methyl sites for hydroxylation is 2. The van der Waals surface area contributed by atoms with Crippen molar-refractivity contribution in [1.29, 1.82) is 0 Å². The van der Waals surface area contributed by atoms with E-state index in [9.17, 15) is 15.0 Å². The van der Waals surface area contributed by atoms with Crippen molar-refractivity contribution in [3.05, 3.63) is 34.5 Å². The maximum atomic E-state index is 11.2. The minimum Gasteiger partial charge on any atom is -0.478 e. The zero-order valence-electron chi connectivity index (χ0n) is 11.5. The monoisotopic (exact) mass is 261 g/mol. The van der Waals surface area contributed by atoms with Crippen molar-refractivity contribution < 1.29 is 15.0 Å². The molecule has 2 rings (SSSR count). The fourth-order valence-corrected chi connectivity index (χ4v) is 2.64. The molecule has 0 radical (unpaired) electrons. The first-order valence-electron chi connectivity index (χ1n) is 6.47. The van der Waals surface area contributed by atoms with Crippen molar-refractivity contribution >= 4 is 16.9 Å². The van der Waals surface area contributed by atoms with E-state index in [0.29, 0.717) is 12.1 Å². The number of hydrogen-bond donors (Lipinski definition) is 2. The first kappa shape index (κ1) is 13.6. The maximum absolute atomic E-state index is 11.2. The van der Waals surface area contributed by atoms with Crippen LogP contribution in [0.3, 0.4) is 0 Å². The van der Waals surface area contributed by atoms with Gasteiger partial charge < -0.3 is 14.8 Å². The number of carbonyl (C=O) groups is 1. The van der Waals surface area contributed by atoms with Gasteiger partial charge in [0.25, 0.3) is 0 Å². The predicted octanol–water partition coefficient (Wildman–Crippen LogP) is 2.51. The van der Waals surface area contributed by atoms with Crippen molar-refractivity contribution in [3.8, 4) is 0 Å². The predicted molar refractivity (Wildman–Crippen MR) is 74.8 cm³/mol. The number of benzene rings is 1. The van der Waals surface area contributed by atoms with Crippen LogP contribution >= 0.6 is 0 Å². The molecule has 2 aromatic rings. The molecule has 0 bridgehead atoms. The van der Waals surface area contributed by atoms with Gasteiger partial charge in [0.15, 0.2) is 0 Å². The summed E-state index contributed by atoms with van der Waals surface area (Å²) in [5, 5.41) is 19.4. The van der Waals surface area contributed by atoms with E-state index in [-0.39, 0.29) is 6.61 Å². The van der Waals surface area contributed by atoms with Crippen LogP contribution in [0.25, 0.3) is 10.9 Å². The number of rotatable bonds is 4. The number of aromatic nitrogens is 1. The Labute approximate surface area is 112 Å². The van der Waals surface area contributed by atoms with Crippen LogP contribution < -0.4 is 0 Å². The number of aromatic carboxylic acids is 1. The summed E-state index contributed by atoms with van der Waals surface area (Å²) in [5.74, 6) is -0.899. The van der Waals surface area contributed by atoms with E-state index in [1.807, 2.05) is 20.8 Å². The molecule has 0 unspecified atom stereocenters. The molecule has 0 amide bonds. The van der Waals surface area contributed by atoms with Crippen LogP contribution in [0.5, 0.6) is 0 Å². The molecule has 2 N–H and O–H groups in total. The van der Waals surface area contributed by atoms with Crippen LogP contribution in [0.2, 0.25) is 0 Å². The zero-order valence-corrected chi connectivity index (χ0v) is 11.5. The van der Waals surface area contributed by atoms with Gasteiger partial charge >= 0.3 is 5.97 Å². The minimum absolute atomic E-state index is 0.0773. The summed E-state index contributed by atoms with van der Waals surface area (Å²) < 4.78 is 2.08. The highest BCUT2D eigenvalue weighted by molar-refractivity contribution is 5.97. The average Bonchev–Trinajstić information content (AvgIpc) is 2.63. The average molecular weight is 261 g/mol. The number of aliphatic hydroxyl groups is 1. The number of fused-ring (bicyclic) bond motifs is 1. The number of hydrogen-bond acceptors (Lipinski definition) is 2. The largest absolute Gasteiger partial charge is 0.478 e. The Hall–Kier alpha value is -1.81. The highest BCUT2D eigenvalue weighted by Gasteiger charge is 2.16. The van der Waals surface area contributed by atoms with Crippen molar-refractivity contribution in [3.63, 3.8) is 0 Å². The molecule has 1 aromatic carbocycles. The summed E-state index contributed by atoms with van der Waals surface area (Å²) in [6.07, 6.45) is 0.770. The molecule has 102 valence electrons. The van der Waals surface area contributed by atoms with Crippen LogP contribution in [-0.2, 0) is 13.0 Å². The molecule has 0 aliphatic rings. The molecular formula is C15H19NO3. The van der Waals surface area contributed by atoms with Gasteiger partial charge in [-0.25, -0.2) is 4.79 Å². The van der Waals surface area contributed by atoms with Gasteiger partial charge in [0.2, 0.25) is 0 Å². The quantitative estimate of drug-likeness (QED) is 0.889. The summed E-state index contributed by atoms with van der Waals surface area (Å²) in [6, 6.07) is 3.46. The van der Waals surface area contributed by atoms with Crippen molar-refractivity contribution in [2.75, 3.05) is 6.61 Å². The Morgan fingerprint density at radius 1 is 1.32 bits per heavy atom. The van der Waals surface area contributed by atoms with Gasteiger partial charge in [-0.3, -0.25) is 0 Å². The zero-order chi connectivity index (χ0) is 14.2. The smallest absolute Gasteiger partial charge is 0.335 e. The summed E-state index contributed by atoms with van der Waals surface area (Å²) in [7, 11) is 0. The molecule has 1 heterocycles. The van der Waals surface area contributed by atoms with E-state index in [2.05, 4.69) is 4.57 Å². The molecule has 0 atom stereocenters. The van der Waals surface area contributed by atoms with E-state index >= 15 is 0 Å². The number of carboxylic acid groups (broad SMARTS) is 1. The summed E-state index contributed by atoms with van der Waals surface area (Å²) in [6.45, 7) is 6.63. The third-order valence-corrected chi connectivity index (χ3v) is 3.76. The molecule has 0 fully saturated rings. The van der Waals surface area contributed by atoms with Gasteiger partial charge in [-0.2, -0.15) is 0 Å². The van der Waals surface area contributed by atoms with E-state index < -0.39 is 5.97 Å². The number of nitrogens with zero attached hydrogens (tertiary/aromatic N) is 1. The molecule has 4 heteroatoms. The highest BCUT2D eigenvalue weighted by Crippen LogP contribution is 2.29. The molecule has 0 saturated heterocycles. The van der Waals surface area contributed by atoms with Gasteiger partial charge in [0.1, 0.15) is 0 Å². The molecule has 0 saturated carbocycles. The van der Waals surface area contributed by atoms with E-state index in [1.165, 1.54) is 0 Å². The fraction of sp³-hybridized carbons (Fsp3) is 0.400. The first-order chi connectivity index (χ1) is 9.01. The van der Waals surface area contributed by atoms with Gasteiger partial charge in [0.05, 0.1) is 17.7 Å². The minimum atomic E-state index is -0.899. The van der Waals surface area contributed by atoms with Crippen LogP contribution in [-0.4, -0.2) is 27.4 Å². The second-order valence-electron chi connectivity index (χ2n) is 4.78. The van der Waals surface area contributed by atoms with Crippen molar-refractivity contribution in [2.24, 2.45) is 0 Å². The Bertz CT molecular complexity index is 641. The lowest BCUT2D eigenvalue weighted by atomic mass is 10.0.